The Morgan fingerprint density at radius 1 is 0.519 bits per heavy atom. The van der Waals surface area contributed by atoms with Gasteiger partial charge in [-0.3, -0.25) is 0 Å². The van der Waals surface area contributed by atoms with Crippen LogP contribution in [0.1, 0.15) is 0 Å². The number of anilines is 5. The molecule has 0 aromatic heterocycles. The van der Waals surface area contributed by atoms with Crippen LogP contribution in [-0.4, -0.2) is 0 Å². The number of hydrogen-bond acceptors (Lipinski definition) is 2. The maximum absolute atomic E-state index is 13.1. The van der Waals surface area contributed by atoms with Crippen molar-refractivity contribution in [2.45, 2.75) is 0 Å². The van der Waals surface area contributed by atoms with Crippen LogP contribution in [0.25, 0.3) is 0 Å². The van der Waals surface area contributed by atoms with Crippen LogP contribution in [0.2, 0.25) is 0 Å². The lowest BCUT2D eigenvalue weighted by Crippen LogP contribution is -2.09. The van der Waals surface area contributed by atoms with Crippen LogP contribution in [0.3, 0.4) is 0 Å². The van der Waals surface area contributed by atoms with Crippen LogP contribution in [-0.2, 0) is 0 Å². The van der Waals surface area contributed by atoms with E-state index >= 15 is 0 Å². The van der Waals surface area contributed by atoms with Gasteiger partial charge in [0.25, 0.3) is 0 Å². The molecular formula is C24H19FN2. The van der Waals surface area contributed by atoms with E-state index < -0.39 is 0 Å². The number of nitrogens with one attached hydrogen (secondary N) is 1. The SMILES string of the molecule is Fc1ccc(Nc2cccc(N(c3ccccc3)c3ccccc3)c2)cc1. The third-order valence-electron chi connectivity index (χ3n) is 4.27. The molecule has 0 bridgehead atoms. The van der Waals surface area contributed by atoms with E-state index in [1.165, 1.54) is 12.1 Å². The van der Waals surface area contributed by atoms with Crippen LogP contribution in [0.15, 0.2) is 109 Å². The van der Waals surface area contributed by atoms with E-state index in [2.05, 4.69) is 46.6 Å². The van der Waals surface area contributed by atoms with E-state index in [9.17, 15) is 4.39 Å². The fourth-order valence-corrected chi connectivity index (χ4v) is 3.02. The van der Waals surface area contributed by atoms with Crippen LogP contribution in [0.4, 0.5) is 32.8 Å². The van der Waals surface area contributed by atoms with Gasteiger partial charge in [-0.1, -0.05) is 42.5 Å². The zero-order valence-electron chi connectivity index (χ0n) is 14.7. The molecule has 0 spiro atoms. The minimum absolute atomic E-state index is 0.242. The van der Waals surface area contributed by atoms with E-state index in [4.69, 9.17) is 0 Å². The summed E-state index contributed by atoms with van der Waals surface area (Å²) in [6, 6.07) is 35.1. The minimum Gasteiger partial charge on any atom is -0.355 e. The van der Waals surface area contributed by atoms with Gasteiger partial charge in [0.1, 0.15) is 5.82 Å². The predicted octanol–water partition coefficient (Wildman–Crippen LogP) is 7.04. The van der Waals surface area contributed by atoms with Crippen molar-refractivity contribution in [3.63, 3.8) is 0 Å². The average Bonchev–Trinajstić information content (AvgIpc) is 2.72. The van der Waals surface area contributed by atoms with Gasteiger partial charge in [-0.25, -0.2) is 4.39 Å². The minimum atomic E-state index is -0.242. The molecule has 27 heavy (non-hydrogen) atoms. The smallest absolute Gasteiger partial charge is 0.123 e. The van der Waals surface area contributed by atoms with E-state index in [-0.39, 0.29) is 5.82 Å². The molecule has 0 fully saturated rings. The Bertz CT molecular complexity index is 960. The molecule has 0 aliphatic carbocycles. The van der Waals surface area contributed by atoms with Crippen LogP contribution in [0.5, 0.6) is 0 Å². The van der Waals surface area contributed by atoms with Crippen molar-refractivity contribution in [3.05, 3.63) is 115 Å². The van der Waals surface area contributed by atoms with Crippen LogP contribution in [0, 0.1) is 5.82 Å². The van der Waals surface area contributed by atoms with Gasteiger partial charge in [-0.15, -0.1) is 0 Å². The van der Waals surface area contributed by atoms with Crippen molar-refractivity contribution in [2.75, 3.05) is 10.2 Å². The molecule has 4 aromatic carbocycles. The Morgan fingerprint density at radius 2 is 1.07 bits per heavy atom. The lowest BCUT2D eigenvalue weighted by Gasteiger charge is -2.26. The number of hydrogen-bond donors (Lipinski definition) is 1. The summed E-state index contributed by atoms with van der Waals surface area (Å²) >= 11 is 0. The Kier molecular flexibility index (Phi) is 4.84. The lowest BCUT2D eigenvalue weighted by atomic mass is 10.1. The molecule has 0 saturated carbocycles. The molecular weight excluding hydrogens is 335 g/mol. The van der Waals surface area contributed by atoms with E-state index in [0.29, 0.717) is 0 Å². The Hall–Kier alpha value is -3.59. The highest BCUT2D eigenvalue weighted by molar-refractivity contribution is 5.78. The molecule has 0 saturated heterocycles. The molecule has 0 unspecified atom stereocenters. The number of halogens is 1. The van der Waals surface area contributed by atoms with E-state index in [0.717, 1.165) is 28.4 Å². The summed E-state index contributed by atoms with van der Waals surface area (Å²) in [5, 5.41) is 3.34. The van der Waals surface area contributed by atoms with Gasteiger partial charge in [0.2, 0.25) is 0 Å². The number of rotatable bonds is 5. The zero-order chi connectivity index (χ0) is 18.5. The Labute approximate surface area is 158 Å². The predicted molar refractivity (Wildman–Crippen MR) is 111 cm³/mol. The lowest BCUT2D eigenvalue weighted by molar-refractivity contribution is 0.628. The fraction of sp³-hybridized carbons (Fsp3) is 0. The number of benzene rings is 4. The molecule has 0 amide bonds. The Morgan fingerprint density at radius 3 is 1.67 bits per heavy atom. The van der Waals surface area contributed by atoms with Crippen molar-refractivity contribution < 1.29 is 4.39 Å². The van der Waals surface area contributed by atoms with Crippen LogP contribution < -0.4 is 10.2 Å². The van der Waals surface area contributed by atoms with E-state index in [1.54, 1.807) is 12.1 Å². The standard InChI is InChI=1S/C24H19FN2/c25-19-14-16-20(17-15-19)26-21-8-7-13-24(18-21)27(22-9-3-1-4-10-22)23-11-5-2-6-12-23/h1-18,26H. The first-order valence-corrected chi connectivity index (χ1v) is 8.82. The van der Waals surface area contributed by atoms with Crippen molar-refractivity contribution in [1.82, 2.24) is 0 Å². The molecule has 2 nitrogen and oxygen atoms in total. The van der Waals surface area contributed by atoms with Gasteiger partial charge in [0.05, 0.1) is 0 Å². The molecule has 132 valence electrons. The first-order valence-electron chi connectivity index (χ1n) is 8.82. The first kappa shape index (κ1) is 16.9. The molecule has 1 N–H and O–H groups in total. The molecule has 4 aromatic rings. The highest BCUT2D eigenvalue weighted by Gasteiger charge is 2.12. The summed E-state index contributed by atoms with van der Waals surface area (Å²) in [6.45, 7) is 0. The van der Waals surface area contributed by atoms with Crippen LogP contribution >= 0.6 is 0 Å². The van der Waals surface area contributed by atoms with Crippen molar-refractivity contribution >= 4 is 28.4 Å². The second-order valence-corrected chi connectivity index (χ2v) is 6.19. The second-order valence-electron chi connectivity index (χ2n) is 6.19. The van der Waals surface area contributed by atoms with Gasteiger partial charge in [0, 0.05) is 28.4 Å². The molecule has 0 aliphatic heterocycles. The highest BCUT2D eigenvalue weighted by atomic mass is 19.1. The van der Waals surface area contributed by atoms with Crippen molar-refractivity contribution in [2.24, 2.45) is 0 Å². The van der Waals surface area contributed by atoms with Crippen molar-refractivity contribution in [3.8, 4) is 0 Å². The molecule has 0 heterocycles. The third-order valence-corrected chi connectivity index (χ3v) is 4.27. The monoisotopic (exact) mass is 354 g/mol. The first-order chi connectivity index (χ1) is 13.3. The number of nitrogens with zero attached hydrogens (tertiary/aromatic N) is 1. The molecule has 3 heteroatoms. The normalized spacial score (nSPS) is 10.4. The van der Waals surface area contributed by atoms with Gasteiger partial charge in [-0.2, -0.15) is 0 Å². The summed E-state index contributed by atoms with van der Waals surface area (Å²) < 4.78 is 13.1. The molecule has 4 rings (SSSR count). The second kappa shape index (κ2) is 7.75. The number of para-hydroxylation sites is 2. The Balaban J connectivity index is 1.71. The largest absolute Gasteiger partial charge is 0.355 e. The summed E-state index contributed by atoms with van der Waals surface area (Å²) in [7, 11) is 0. The molecule has 0 aliphatic rings. The quantitative estimate of drug-likeness (QED) is 0.413. The highest BCUT2D eigenvalue weighted by Crippen LogP contribution is 2.35. The summed E-state index contributed by atoms with van der Waals surface area (Å²) in [4.78, 5) is 2.20. The van der Waals surface area contributed by atoms with Gasteiger partial charge >= 0.3 is 0 Å². The summed E-state index contributed by atoms with van der Waals surface area (Å²) in [5.74, 6) is -0.242. The fourth-order valence-electron chi connectivity index (χ4n) is 3.02. The maximum atomic E-state index is 13.1. The van der Waals surface area contributed by atoms with Crippen molar-refractivity contribution in [1.29, 1.82) is 0 Å². The third kappa shape index (κ3) is 3.98. The average molecular weight is 354 g/mol. The van der Waals surface area contributed by atoms with Gasteiger partial charge < -0.3 is 10.2 Å². The van der Waals surface area contributed by atoms with Gasteiger partial charge in [0.15, 0.2) is 0 Å². The summed E-state index contributed by atoms with van der Waals surface area (Å²) in [5.41, 5.74) is 5.00. The molecule has 0 atom stereocenters. The maximum Gasteiger partial charge on any atom is 0.123 e. The van der Waals surface area contributed by atoms with Gasteiger partial charge in [-0.05, 0) is 66.7 Å². The molecule has 0 radical (unpaired) electrons. The zero-order valence-corrected chi connectivity index (χ0v) is 14.7. The topological polar surface area (TPSA) is 15.3 Å². The summed E-state index contributed by atoms with van der Waals surface area (Å²) in [6.07, 6.45) is 0. The van der Waals surface area contributed by atoms with E-state index in [1.807, 2.05) is 48.5 Å².